The van der Waals surface area contributed by atoms with Gasteiger partial charge in [-0.25, -0.2) is 10.1 Å². The van der Waals surface area contributed by atoms with Crippen molar-refractivity contribution in [2.24, 2.45) is 5.10 Å². The number of rotatable bonds is 7. The number of nitrogens with zero attached hydrogens (tertiary/aromatic N) is 3. The molecule has 3 aromatic rings. The van der Waals surface area contributed by atoms with Gasteiger partial charge in [-0.15, -0.1) is 0 Å². The van der Waals surface area contributed by atoms with Crippen molar-refractivity contribution in [1.29, 1.82) is 0 Å². The molecule has 2 aromatic carbocycles. The van der Waals surface area contributed by atoms with Gasteiger partial charge < -0.3 is 9.47 Å². The first kappa shape index (κ1) is 18.4. The van der Waals surface area contributed by atoms with Crippen molar-refractivity contribution in [2.75, 3.05) is 13.7 Å². The number of aromatic nitrogens is 2. The summed E-state index contributed by atoms with van der Waals surface area (Å²) in [5.74, 6) is 0.375. The number of fused-ring (bicyclic) bond motifs is 1. The Hall–Kier alpha value is -3.42. The molecule has 0 unspecified atom stereocenters. The van der Waals surface area contributed by atoms with Crippen molar-refractivity contribution in [2.45, 2.75) is 13.5 Å². The molecule has 8 heteroatoms. The molecule has 1 heterocycles. The molecule has 0 aliphatic heterocycles. The molecule has 0 saturated heterocycles. The summed E-state index contributed by atoms with van der Waals surface area (Å²) in [4.78, 5) is 11.8. The van der Waals surface area contributed by atoms with E-state index < -0.39 is 11.9 Å². The number of aryl methyl sites for hydroxylation is 1. The van der Waals surface area contributed by atoms with Crippen LogP contribution >= 0.6 is 0 Å². The van der Waals surface area contributed by atoms with E-state index in [-0.39, 0.29) is 12.2 Å². The first-order valence-corrected chi connectivity index (χ1v) is 8.34. The maximum absolute atomic E-state index is 13.8. The molecular formula is C19H19FN4O3. The largest absolute Gasteiger partial charge is 0.497 e. The standard InChI is InChI=1S/C19H19FN4O3/c1-3-24-19(20)15(11-22-24)10-21-23-18(25)12-27-17-7-5-13-8-16(26-2)6-4-14(13)9-17/h4-11H,3,12H2,1-2H3,(H,23,25). The van der Waals surface area contributed by atoms with E-state index in [2.05, 4.69) is 15.6 Å². The molecule has 140 valence electrons. The molecule has 1 aromatic heterocycles. The zero-order valence-corrected chi connectivity index (χ0v) is 15.0. The minimum Gasteiger partial charge on any atom is -0.497 e. The van der Waals surface area contributed by atoms with Gasteiger partial charge in [0.1, 0.15) is 11.5 Å². The first-order chi connectivity index (χ1) is 13.1. The molecule has 0 spiro atoms. The quantitative estimate of drug-likeness (QED) is 0.512. The molecule has 7 nitrogen and oxygen atoms in total. The summed E-state index contributed by atoms with van der Waals surface area (Å²) in [5, 5.41) is 9.54. The normalized spacial score (nSPS) is 11.1. The fraction of sp³-hybridized carbons (Fsp3) is 0.211. The Bertz CT molecular complexity index is 984. The van der Waals surface area contributed by atoms with Gasteiger partial charge in [0.25, 0.3) is 5.91 Å². The van der Waals surface area contributed by atoms with E-state index in [1.165, 1.54) is 17.1 Å². The highest BCUT2D eigenvalue weighted by molar-refractivity contribution is 5.85. The fourth-order valence-electron chi connectivity index (χ4n) is 2.47. The summed E-state index contributed by atoms with van der Waals surface area (Å²) in [5.41, 5.74) is 2.49. The average Bonchev–Trinajstić information content (AvgIpc) is 3.05. The predicted octanol–water partition coefficient (Wildman–Crippen LogP) is 2.73. The molecular weight excluding hydrogens is 351 g/mol. The van der Waals surface area contributed by atoms with Crippen molar-refractivity contribution >= 4 is 22.9 Å². The number of carbonyl (C=O) groups excluding carboxylic acids is 1. The number of nitrogens with one attached hydrogen (secondary N) is 1. The van der Waals surface area contributed by atoms with Crippen LogP contribution in [0.15, 0.2) is 47.7 Å². The highest BCUT2D eigenvalue weighted by atomic mass is 19.1. The molecule has 0 fully saturated rings. The molecule has 3 rings (SSSR count). The Kier molecular flexibility index (Phi) is 5.65. The Morgan fingerprint density at radius 2 is 1.96 bits per heavy atom. The summed E-state index contributed by atoms with van der Waals surface area (Å²) < 4.78 is 25.6. The van der Waals surface area contributed by atoms with Crippen LogP contribution in [0, 0.1) is 5.95 Å². The molecule has 1 amide bonds. The zero-order valence-electron chi connectivity index (χ0n) is 15.0. The Morgan fingerprint density at radius 3 is 2.63 bits per heavy atom. The maximum atomic E-state index is 13.8. The van der Waals surface area contributed by atoms with Gasteiger partial charge in [0.2, 0.25) is 5.95 Å². The second-order valence-corrected chi connectivity index (χ2v) is 5.66. The van der Waals surface area contributed by atoms with Crippen molar-refractivity contribution < 1.29 is 18.7 Å². The molecule has 27 heavy (non-hydrogen) atoms. The van der Waals surface area contributed by atoms with Crippen LogP contribution in [0.4, 0.5) is 4.39 Å². The van der Waals surface area contributed by atoms with E-state index in [4.69, 9.17) is 9.47 Å². The van der Waals surface area contributed by atoms with Crippen molar-refractivity contribution in [3.63, 3.8) is 0 Å². The lowest BCUT2D eigenvalue weighted by atomic mass is 10.1. The summed E-state index contributed by atoms with van der Waals surface area (Å²) in [6, 6.07) is 11.2. The van der Waals surface area contributed by atoms with Crippen LogP contribution in [0.2, 0.25) is 0 Å². The molecule has 0 aliphatic carbocycles. The maximum Gasteiger partial charge on any atom is 0.277 e. The number of hydrazone groups is 1. The minimum atomic E-state index is -0.500. The van der Waals surface area contributed by atoms with Crippen molar-refractivity contribution in [1.82, 2.24) is 15.2 Å². The van der Waals surface area contributed by atoms with Gasteiger partial charge in [-0.05, 0) is 42.0 Å². The fourth-order valence-corrected chi connectivity index (χ4v) is 2.47. The predicted molar refractivity (Wildman–Crippen MR) is 99.6 cm³/mol. The number of halogens is 1. The van der Waals surface area contributed by atoms with Gasteiger partial charge in [-0.1, -0.05) is 12.1 Å². The van der Waals surface area contributed by atoms with Crippen LogP contribution in [0.25, 0.3) is 10.8 Å². The number of amides is 1. The molecule has 1 N–H and O–H groups in total. The lowest BCUT2D eigenvalue weighted by Crippen LogP contribution is -2.24. The van der Waals surface area contributed by atoms with Crippen LogP contribution in [0.5, 0.6) is 11.5 Å². The Labute approximate surface area is 155 Å². The summed E-state index contributed by atoms with van der Waals surface area (Å²) in [6.45, 7) is 1.98. The monoisotopic (exact) mass is 370 g/mol. The van der Waals surface area contributed by atoms with Crippen LogP contribution < -0.4 is 14.9 Å². The number of hydrogen-bond donors (Lipinski definition) is 1. The average molecular weight is 370 g/mol. The molecule has 0 atom stereocenters. The Balaban J connectivity index is 1.54. The molecule has 0 saturated carbocycles. The first-order valence-electron chi connectivity index (χ1n) is 8.34. The third kappa shape index (κ3) is 4.41. The van der Waals surface area contributed by atoms with E-state index in [9.17, 15) is 9.18 Å². The van der Waals surface area contributed by atoms with E-state index in [1.807, 2.05) is 30.3 Å². The van der Waals surface area contributed by atoms with E-state index in [1.54, 1.807) is 20.1 Å². The summed E-state index contributed by atoms with van der Waals surface area (Å²) in [6.07, 6.45) is 2.55. The van der Waals surface area contributed by atoms with Crippen LogP contribution in [0.1, 0.15) is 12.5 Å². The lowest BCUT2D eigenvalue weighted by molar-refractivity contribution is -0.123. The number of ether oxygens (including phenoxy) is 2. The highest BCUT2D eigenvalue weighted by Gasteiger charge is 2.07. The SMILES string of the molecule is CCn1ncc(C=NNC(=O)COc2ccc3cc(OC)ccc3c2)c1F. The van der Waals surface area contributed by atoms with Crippen molar-refractivity contribution in [3.05, 3.63) is 54.1 Å². The number of hydrogen-bond acceptors (Lipinski definition) is 5. The molecule has 0 radical (unpaired) electrons. The summed E-state index contributed by atoms with van der Waals surface area (Å²) >= 11 is 0. The second-order valence-electron chi connectivity index (χ2n) is 5.66. The van der Waals surface area contributed by atoms with Gasteiger partial charge in [0.05, 0.1) is 25.1 Å². The topological polar surface area (TPSA) is 77.7 Å². The van der Waals surface area contributed by atoms with Gasteiger partial charge in [-0.3, -0.25) is 4.79 Å². The number of carbonyl (C=O) groups is 1. The third-order valence-corrected chi connectivity index (χ3v) is 3.88. The van der Waals surface area contributed by atoms with Gasteiger partial charge in [0, 0.05) is 6.54 Å². The number of benzene rings is 2. The smallest absolute Gasteiger partial charge is 0.277 e. The van der Waals surface area contributed by atoms with Gasteiger partial charge in [-0.2, -0.15) is 14.6 Å². The molecule has 0 aliphatic rings. The van der Waals surface area contributed by atoms with Gasteiger partial charge >= 0.3 is 0 Å². The molecule has 0 bridgehead atoms. The van der Waals surface area contributed by atoms with E-state index in [0.29, 0.717) is 12.3 Å². The lowest BCUT2D eigenvalue weighted by Gasteiger charge is -2.07. The number of methoxy groups -OCH3 is 1. The van der Waals surface area contributed by atoms with E-state index in [0.717, 1.165) is 16.5 Å². The Morgan fingerprint density at radius 1 is 1.26 bits per heavy atom. The van der Waals surface area contributed by atoms with Crippen LogP contribution in [-0.2, 0) is 11.3 Å². The van der Waals surface area contributed by atoms with Crippen LogP contribution in [-0.4, -0.2) is 35.6 Å². The highest BCUT2D eigenvalue weighted by Crippen LogP contribution is 2.24. The third-order valence-electron chi connectivity index (χ3n) is 3.88. The second kappa shape index (κ2) is 8.31. The van der Waals surface area contributed by atoms with E-state index >= 15 is 0 Å². The summed E-state index contributed by atoms with van der Waals surface area (Å²) in [7, 11) is 1.62. The zero-order chi connectivity index (χ0) is 19.2. The van der Waals surface area contributed by atoms with Gasteiger partial charge in [0.15, 0.2) is 6.61 Å². The minimum absolute atomic E-state index is 0.197. The van der Waals surface area contributed by atoms with Crippen molar-refractivity contribution in [3.8, 4) is 11.5 Å². The van der Waals surface area contributed by atoms with Crippen LogP contribution in [0.3, 0.4) is 0 Å².